The lowest BCUT2D eigenvalue weighted by molar-refractivity contribution is 0.220. The highest BCUT2D eigenvalue weighted by Gasteiger charge is 2.10. The maximum Gasteiger partial charge on any atom is 0.119 e. The van der Waals surface area contributed by atoms with Crippen molar-refractivity contribution in [2.24, 2.45) is 0 Å². The molecule has 2 aromatic rings. The predicted molar refractivity (Wildman–Crippen MR) is 124 cm³/mol. The molecule has 4 nitrogen and oxygen atoms in total. The maximum atomic E-state index is 9.31. The molecular weight excluding hydrogens is 372 g/mol. The quantitative estimate of drug-likeness (QED) is 0.448. The fraction of sp³-hybridized carbons (Fsp3) is 0.538. The first-order valence-electron chi connectivity index (χ1n) is 11.7. The number of hydrogen-bond donors (Lipinski definition) is 2. The molecule has 2 N–H and O–H groups in total. The van der Waals surface area contributed by atoms with E-state index in [1.807, 2.05) is 12.1 Å². The monoisotopic (exact) mass is 410 g/mol. The molecule has 0 aliphatic carbocycles. The third-order valence-corrected chi connectivity index (χ3v) is 5.78. The summed E-state index contributed by atoms with van der Waals surface area (Å²) >= 11 is 0. The predicted octanol–water partition coefficient (Wildman–Crippen LogP) is 5.15. The summed E-state index contributed by atoms with van der Waals surface area (Å²) in [5, 5.41) is 12.8. The molecule has 0 spiro atoms. The highest BCUT2D eigenvalue weighted by Crippen LogP contribution is 2.18. The van der Waals surface area contributed by atoms with Gasteiger partial charge >= 0.3 is 0 Å². The van der Waals surface area contributed by atoms with Gasteiger partial charge < -0.3 is 15.2 Å². The maximum absolute atomic E-state index is 9.31. The number of aryl methyl sites for hydroxylation is 1. The zero-order valence-electron chi connectivity index (χ0n) is 18.3. The van der Waals surface area contributed by atoms with Crippen LogP contribution >= 0.6 is 0 Å². The van der Waals surface area contributed by atoms with Gasteiger partial charge in [-0.25, -0.2) is 0 Å². The van der Waals surface area contributed by atoms with Crippen molar-refractivity contribution in [2.45, 2.75) is 57.9 Å². The third kappa shape index (κ3) is 8.76. The molecular formula is C26H38N2O2. The molecule has 0 amide bonds. The molecule has 0 saturated carbocycles. The van der Waals surface area contributed by atoms with Crippen LogP contribution in [-0.4, -0.2) is 42.8 Å². The second-order valence-electron chi connectivity index (χ2n) is 8.41. The number of rotatable bonds is 13. The second-order valence-corrected chi connectivity index (χ2v) is 8.41. The van der Waals surface area contributed by atoms with Gasteiger partial charge in [-0.2, -0.15) is 0 Å². The highest BCUT2D eigenvalue weighted by atomic mass is 16.5. The lowest BCUT2D eigenvalue weighted by Crippen LogP contribution is -2.29. The average molecular weight is 411 g/mol. The summed E-state index contributed by atoms with van der Waals surface area (Å²) in [5.74, 6) is 1.34. The molecule has 4 heteroatoms. The van der Waals surface area contributed by atoms with Crippen molar-refractivity contribution < 1.29 is 9.84 Å². The van der Waals surface area contributed by atoms with E-state index in [4.69, 9.17) is 4.74 Å². The molecule has 0 atom stereocenters. The largest absolute Gasteiger partial charge is 0.508 e. The number of ether oxygens (including phenoxy) is 1. The Morgan fingerprint density at radius 3 is 2.47 bits per heavy atom. The van der Waals surface area contributed by atoms with Gasteiger partial charge in [0.05, 0.1) is 6.61 Å². The number of benzene rings is 2. The Labute approximate surface area is 182 Å². The topological polar surface area (TPSA) is 44.7 Å². The number of nitrogens with one attached hydrogen (secondary N) is 1. The summed E-state index contributed by atoms with van der Waals surface area (Å²) in [6, 6.07) is 16.2. The first-order chi connectivity index (χ1) is 14.8. The number of phenolic OH excluding ortho intramolecular Hbond substituents is 1. The Morgan fingerprint density at radius 2 is 1.63 bits per heavy atom. The molecule has 0 aromatic heterocycles. The Hall–Kier alpha value is -2.04. The molecule has 0 radical (unpaired) electrons. The average Bonchev–Trinajstić information content (AvgIpc) is 2.77. The minimum atomic E-state index is 0.345. The standard InChI is InChI=1S/C26H38N2O2/c29-25-14-12-23(13-15-25)9-3-1-4-16-27-17-8-20-30-26-11-7-10-24(21-26)22-28-18-5-2-6-19-28/h7,10-15,21,27,29H,1-6,8-9,16-20,22H2. The fourth-order valence-corrected chi connectivity index (χ4v) is 4.04. The first kappa shape index (κ1) is 22.6. The zero-order chi connectivity index (χ0) is 20.9. The van der Waals surface area contributed by atoms with Gasteiger partial charge in [-0.1, -0.05) is 37.1 Å². The minimum Gasteiger partial charge on any atom is -0.508 e. The van der Waals surface area contributed by atoms with E-state index in [0.717, 1.165) is 44.8 Å². The van der Waals surface area contributed by atoms with Crippen LogP contribution in [0.5, 0.6) is 11.5 Å². The number of nitrogens with zero attached hydrogens (tertiary/aromatic N) is 1. The minimum absolute atomic E-state index is 0.345. The third-order valence-electron chi connectivity index (χ3n) is 5.78. The van der Waals surface area contributed by atoms with E-state index >= 15 is 0 Å². The summed E-state index contributed by atoms with van der Waals surface area (Å²) in [6.07, 6.45) is 9.81. The van der Waals surface area contributed by atoms with Crippen LogP contribution in [0.25, 0.3) is 0 Å². The fourth-order valence-electron chi connectivity index (χ4n) is 4.04. The van der Waals surface area contributed by atoms with E-state index in [1.165, 1.54) is 62.7 Å². The Balaban J connectivity index is 1.18. The van der Waals surface area contributed by atoms with Gasteiger partial charge in [0.25, 0.3) is 0 Å². The summed E-state index contributed by atoms with van der Waals surface area (Å²) in [4.78, 5) is 2.55. The highest BCUT2D eigenvalue weighted by molar-refractivity contribution is 5.28. The molecule has 1 heterocycles. The van der Waals surface area contributed by atoms with Crippen molar-refractivity contribution in [3.8, 4) is 11.5 Å². The number of unbranched alkanes of at least 4 members (excludes halogenated alkanes) is 2. The molecule has 30 heavy (non-hydrogen) atoms. The van der Waals surface area contributed by atoms with E-state index < -0.39 is 0 Å². The van der Waals surface area contributed by atoms with Crippen LogP contribution < -0.4 is 10.1 Å². The van der Waals surface area contributed by atoms with Gasteiger partial charge in [0.1, 0.15) is 11.5 Å². The molecule has 0 unspecified atom stereocenters. The van der Waals surface area contributed by atoms with Crippen molar-refractivity contribution in [3.05, 3.63) is 59.7 Å². The van der Waals surface area contributed by atoms with Crippen molar-refractivity contribution in [2.75, 3.05) is 32.8 Å². The van der Waals surface area contributed by atoms with Gasteiger partial charge in [0.15, 0.2) is 0 Å². The summed E-state index contributed by atoms with van der Waals surface area (Å²) in [6.45, 7) is 6.35. The number of piperidine rings is 1. The molecule has 2 aromatic carbocycles. The van der Waals surface area contributed by atoms with Gasteiger partial charge in [-0.05, 0) is 100 Å². The number of phenols is 1. The Morgan fingerprint density at radius 1 is 0.833 bits per heavy atom. The first-order valence-corrected chi connectivity index (χ1v) is 11.7. The second kappa shape index (κ2) is 13.3. The SMILES string of the molecule is Oc1ccc(CCCCCNCCCOc2cccc(CN3CCCCC3)c2)cc1. The normalized spacial score (nSPS) is 14.7. The van der Waals surface area contributed by atoms with Crippen LogP contribution in [0.1, 0.15) is 56.1 Å². The number of likely N-dealkylation sites (tertiary alicyclic amines) is 1. The van der Waals surface area contributed by atoms with Gasteiger partial charge in [-0.15, -0.1) is 0 Å². The van der Waals surface area contributed by atoms with Crippen molar-refractivity contribution in [1.82, 2.24) is 10.2 Å². The van der Waals surface area contributed by atoms with Crippen molar-refractivity contribution in [1.29, 1.82) is 0 Å². The van der Waals surface area contributed by atoms with Crippen LogP contribution in [0.2, 0.25) is 0 Å². The zero-order valence-corrected chi connectivity index (χ0v) is 18.3. The lowest BCUT2D eigenvalue weighted by Gasteiger charge is -2.26. The van der Waals surface area contributed by atoms with E-state index in [9.17, 15) is 5.11 Å². The molecule has 1 aliphatic heterocycles. The van der Waals surface area contributed by atoms with Gasteiger partial charge in [0.2, 0.25) is 0 Å². The molecule has 1 fully saturated rings. The molecule has 1 saturated heterocycles. The molecule has 3 rings (SSSR count). The Bertz CT molecular complexity index is 711. The molecule has 1 aliphatic rings. The summed E-state index contributed by atoms with van der Waals surface area (Å²) in [5.41, 5.74) is 2.66. The van der Waals surface area contributed by atoms with Crippen LogP contribution in [0.4, 0.5) is 0 Å². The summed E-state index contributed by atoms with van der Waals surface area (Å²) in [7, 11) is 0. The van der Waals surface area contributed by atoms with Crippen molar-refractivity contribution in [3.63, 3.8) is 0 Å². The lowest BCUT2D eigenvalue weighted by atomic mass is 10.1. The van der Waals surface area contributed by atoms with E-state index in [0.29, 0.717) is 5.75 Å². The van der Waals surface area contributed by atoms with Crippen molar-refractivity contribution >= 4 is 0 Å². The van der Waals surface area contributed by atoms with Crippen LogP contribution in [0.15, 0.2) is 48.5 Å². The summed E-state index contributed by atoms with van der Waals surface area (Å²) < 4.78 is 5.96. The Kier molecular flexibility index (Phi) is 10.0. The molecule has 0 bridgehead atoms. The smallest absolute Gasteiger partial charge is 0.119 e. The van der Waals surface area contributed by atoms with E-state index in [1.54, 1.807) is 12.1 Å². The van der Waals surface area contributed by atoms with Crippen LogP contribution in [0, 0.1) is 0 Å². The van der Waals surface area contributed by atoms with Crippen LogP contribution in [0.3, 0.4) is 0 Å². The van der Waals surface area contributed by atoms with Gasteiger partial charge in [0, 0.05) is 6.54 Å². The van der Waals surface area contributed by atoms with Gasteiger partial charge in [-0.3, -0.25) is 4.90 Å². The van der Waals surface area contributed by atoms with E-state index in [2.05, 4.69) is 34.5 Å². The number of aromatic hydroxyl groups is 1. The molecule has 164 valence electrons. The number of hydrogen-bond acceptors (Lipinski definition) is 4. The van der Waals surface area contributed by atoms with Crippen LogP contribution in [-0.2, 0) is 13.0 Å². The van der Waals surface area contributed by atoms with E-state index in [-0.39, 0.29) is 0 Å².